The Hall–Kier alpha value is -2.84. The highest BCUT2D eigenvalue weighted by Gasteiger charge is 2.24. The van der Waals surface area contributed by atoms with Gasteiger partial charge in [-0.25, -0.2) is 4.98 Å². The van der Waals surface area contributed by atoms with Crippen LogP contribution in [0.2, 0.25) is 0 Å². The number of aromatic nitrogens is 2. The maximum atomic E-state index is 12.9. The minimum atomic E-state index is 0.0880. The molecule has 1 amide bonds. The van der Waals surface area contributed by atoms with Crippen molar-refractivity contribution < 1.29 is 14.3 Å². The van der Waals surface area contributed by atoms with Gasteiger partial charge in [-0.05, 0) is 54.8 Å². The minimum absolute atomic E-state index is 0.0880. The summed E-state index contributed by atoms with van der Waals surface area (Å²) in [6.07, 6.45) is 12.4. The summed E-state index contributed by atoms with van der Waals surface area (Å²) >= 11 is 1.54. The zero-order valence-corrected chi connectivity index (χ0v) is 21.5. The van der Waals surface area contributed by atoms with Crippen LogP contribution in [0.4, 0.5) is 5.82 Å². The third kappa shape index (κ3) is 6.10. The zero-order valence-electron chi connectivity index (χ0n) is 20.7. The van der Waals surface area contributed by atoms with Crippen molar-refractivity contribution in [3.8, 4) is 0 Å². The summed E-state index contributed by atoms with van der Waals surface area (Å²) in [5.41, 5.74) is 0.671. The van der Waals surface area contributed by atoms with Crippen LogP contribution in [0.5, 0.6) is 0 Å². The fourth-order valence-corrected chi connectivity index (χ4v) is 6.14. The van der Waals surface area contributed by atoms with Gasteiger partial charge in [0, 0.05) is 51.2 Å². The molecule has 7 nitrogen and oxygen atoms in total. The summed E-state index contributed by atoms with van der Waals surface area (Å²) in [5, 5.41) is 1.10. The summed E-state index contributed by atoms with van der Waals surface area (Å²) in [6, 6.07) is 7.81. The standard InChI is InChI=1S/C28H34N4O3S/c33-24(25-18-22-8-11-29-20-26(22)36-25)5-3-1-2-4-21-9-12-32(13-10-21)28(34)23-6-7-27(30-19-23)31-14-16-35-17-15-31/h6-8,11,18-21H,1-5,9-10,12-17H2. The number of piperidine rings is 1. The van der Waals surface area contributed by atoms with Crippen molar-refractivity contribution in [1.82, 2.24) is 14.9 Å². The molecule has 0 aromatic carbocycles. The average Bonchev–Trinajstić information content (AvgIpc) is 3.38. The van der Waals surface area contributed by atoms with Crippen molar-refractivity contribution in [2.45, 2.75) is 44.9 Å². The van der Waals surface area contributed by atoms with Gasteiger partial charge in [0.15, 0.2) is 5.78 Å². The average molecular weight is 507 g/mol. The topological polar surface area (TPSA) is 75.6 Å². The number of carbonyl (C=O) groups excluding carboxylic acids is 2. The van der Waals surface area contributed by atoms with Crippen LogP contribution in [0, 0.1) is 5.92 Å². The van der Waals surface area contributed by atoms with E-state index < -0.39 is 0 Å². The van der Waals surface area contributed by atoms with Crippen molar-refractivity contribution in [3.05, 3.63) is 53.3 Å². The first kappa shape index (κ1) is 24.8. The highest BCUT2D eigenvalue weighted by Crippen LogP contribution is 2.27. The Bertz CT molecular complexity index is 1130. The number of pyridine rings is 2. The van der Waals surface area contributed by atoms with Gasteiger partial charge in [-0.1, -0.05) is 19.3 Å². The summed E-state index contributed by atoms with van der Waals surface area (Å²) in [4.78, 5) is 39.2. The van der Waals surface area contributed by atoms with Gasteiger partial charge >= 0.3 is 0 Å². The van der Waals surface area contributed by atoms with Gasteiger partial charge < -0.3 is 14.5 Å². The third-order valence-corrected chi connectivity index (χ3v) is 8.47. The lowest BCUT2D eigenvalue weighted by molar-refractivity contribution is 0.0685. The smallest absolute Gasteiger partial charge is 0.255 e. The number of hydrogen-bond acceptors (Lipinski definition) is 7. The summed E-state index contributed by atoms with van der Waals surface area (Å²) in [7, 11) is 0. The van der Waals surface area contributed by atoms with Crippen LogP contribution in [0.15, 0.2) is 42.9 Å². The molecule has 0 unspecified atom stereocenters. The first-order valence-corrected chi connectivity index (χ1v) is 13.9. The molecule has 0 aliphatic carbocycles. The lowest BCUT2D eigenvalue weighted by Gasteiger charge is -2.32. The van der Waals surface area contributed by atoms with Gasteiger partial charge in [0.25, 0.3) is 5.91 Å². The maximum Gasteiger partial charge on any atom is 0.255 e. The predicted octanol–water partition coefficient (Wildman–Crippen LogP) is 5.21. The van der Waals surface area contributed by atoms with Crippen LogP contribution >= 0.6 is 11.3 Å². The SMILES string of the molecule is O=C(CCCCCC1CCN(C(=O)c2ccc(N3CCOCC3)nc2)CC1)c1cc2ccncc2s1. The second-order valence-corrected chi connectivity index (χ2v) is 10.9. The van der Waals surface area contributed by atoms with Gasteiger partial charge in [0.05, 0.1) is 28.4 Å². The summed E-state index contributed by atoms with van der Waals surface area (Å²) in [6.45, 7) is 4.75. The number of rotatable bonds is 9. The molecule has 0 atom stereocenters. The van der Waals surface area contributed by atoms with E-state index in [0.717, 1.165) is 92.3 Å². The van der Waals surface area contributed by atoms with Crippen LogP contribution in [-0.2, 0) is 4.74 Å². The van der Waals surface area contributed by atoms with Crippen LogP contribution in [0.25, 0.3) is 10.1 Å². The first-order chi connectivity index (χ1) is 17.7. The van der Waals surface area contributed by atoms with Crippen LogP contribution in [0.1, 0.15) is 65.0 Å². The van der Waals surface area contributed by atoms with Gasteiger partial charge in [-0.3, -0.25) is 14.6 Å². The molecule has 36 heavy (non-hydrogen) atoms. The van der Waals surface area contributed by atoms with Crippen molar-refractivity contribution in [2.24, 2.45) is 5.92 Å². The van der Waals surface area contributed by atoms with Gasteiger partial charge in [0.2, 0.25) is 0 Å². The number of thiophene rings is 1. The van der Waals surface area contributed by atoms with E-state index in [1.807, 2.05) is 35.4 Å². The quantitative estimate of drug-likeness (QED) is 0.293. The normalized spacial score (nSPS) is 17.0. The van der Waals surface area contributed by atoms with Crippen molar-refractivity contribution in [3.63, 3.8) is 0 Å². The molecule has 8 heteroatoms. The third-order valence-electron chi connectivity index (χ3n) is 7.35. The van der Waals surface area contributed by atoms with Crippen molar-refractivity contribution >= 4 is 38.9 Å². The van der Waals surface area contributed by atoms with E-state index in [9.17, 15) is 9.59 Å². The largest absolute Gasteiger partial charge is 0.378 e. The molecule has 3 aromatic rings. The number of anilines is 1. The van der Waals surface area contributed by atoms with Crippen LogP contribution < -0.4 is 4.90 Å². The Balaban J connectivity index is 0.991. The highest BCUT2D eigenvalue weighted by atomic mass is 32.1. The first-order valence-electron chi connectivity index (χ1n) is 13.1. The molecule has 3 aromatic heterocycles. The molecule has 0 N–H and O–H groups in total. The monoisotopic (exact) mass is 506 g/mol. The number of hydrogen-bond donors (Lipinski definition) is 0. The van der Waals surface area contributed by atoms with Gasteiger partial charge in [-0.2, -0.15) is 0 Å². The fraction of sp³-hybridized carbons (Fsp3) is 0.500. The van der Waals surface area contributed by atoms with E-state index in [1.165, 1.54) is 6.42 Å². The fourth-order valence-electron chi connectivity index (χ4n) is 5.14. The molecule has 2 saturated heterocycles. The molecule has 0 saturated carbocycles. The lowest BCUT2D eigenvalue weighted by atomic mass is 9.91. The molecular weight excluding hydrogens is 472 g/mol. The molecule has 2 fully saturated rings. The number of likely N-dealkylation sites (tertiary alicyclic amines) is 1. The minimum Gasteiger partial charge on any atom is -0.378 e. The maximum absolute atomic E-state index is 12.9. The molecule has 5 rings (SSSR count). The van der Waals surface area contributed by atoms with E-state index in [2.05, 4.69) is 14.9 Å². The second kappa shape index (κ2) is 11.9. The van der Waals surface area contributed by atoms with Crippen molar-refractivity contribution in [2.75, 3.05) is 44.3 Å². The molecule has 2 aliphatic heterocycles. The van der Waals surface area contributed by atoms with E-state index in [1.54, 1.807) is 23.7 Å². The number of amides is 1. The Kier molecular flexibility index (Phi) is 8.23. The summed E-state index contributed by atoms with van der Waals surface area (Å²) < 4.78 is 6.47. The Labute approximate surface area is 216 Å². The van der Waals surface area contributed by atoms with Crippen LogP contribution in [-0.4, -0.2) is 66.0 Å². The van der Waals surface area contributed by atoms with Crippen LogP contribution in [0.3, 0.4) is 0 Å². The highest BCUT2D eigenvalue weighted by molar-refractivity contribution is 7.20. The molecule has 0 spiro atoms. The molecule has 190 valence electrons. The Morgan fingerprint density at radius 1 is 1.00 bits per heavy atom. The Morgan fingerprint density at radius 2 is 1.83 bits per heavy atom. The number of morpholine rings is 1. The summed E-state index contributed by atoms with van der Waals surface area (Å²) in [5.74, 6) is 1.92. The number of nitrogens with zero attached hydrogens (tertiary/aromatic N) is 4. The molecule has 5 heterocycles. The number of Topliss-reactive ketones (excluding diaryl/α,β-unsaturated/α-hetero) is 1. The number of ether oxygens (including phenoxy) is 1. The molecule has 0 bridgehead atoms. The lowest BCUT2D eigenvalue weighted by Crippen LogP contribution is -2.39. The second-order valence-electron chi connectivity index (χ2n) is 9.79. The number of unbranched alkanes of at least 4 members (excludes halogenated alkanes) is 2. The van der Waals surface area contributed by atoms with E-state index in [4.69, 9.17) is 4.74 Å². The van der Waals surface area contributed by atoms with Gasteiger partial charge in [0.1, 0.15) is 5.82 Å². The van der Waals surface area contributed by atoms with E-state index in [-0.39, 0.29) is 11.7 Å². The zero-order chi connectivity index (χ0) is 24.7. The number of ketones is 1. The molecule has 2 aliphatic rings. The predicted molar refractivity (Wildman–Crippen MR) is 143 cm³/mol. The molecular formula is C28H34N4O3S. The molecule has 0 radical (unpaired) electrons. The number of fused-ring (bicyclic) bond motifs is 1. The van der Waals surface area contributed by atoms with E-state index >= 15 is 0 Å². The van der Waals surface area contributed by atoms with E-state index in [0.29, 0.717) is 17.9 Å². The number of carbonyl (C=O) groups is 2. The van der Waals surface area contributed by atoms with Crippen molar-refractivity contribution in [1.29, 1.82) is 0 Å². The Morgan fingerprint density at radius 3 is 2.58 bits per heavy atom. The van der Waals surface area contributed by atoms with Gasteiger partial charge in [-0.15, -0.1) is 11.3 Å².